The van der Waals surface area contributed by atoms with Crippen molar-refractivity contribution in [3.8, 4) is 0 Å². The van der Waals surface area contributed by atoms with Crippen molar-refractivity contribution < 1.29 is 0 Å². The van der Waals surface area contributed by atoms with Crippen molar-refractivity contribution in [3.63, 3.8) is 0 Å². The second-order valence-electron chi connectivity index (χ2n) is 0. The molecule has 0 spiro atoms. The Morgan fingerprint density at radius 1 is 0.750 bits per heavy atom. The standard InChI is InChI=1S/2As.In.Sb/q2*-3;2*+3. The third kappa shape index (κ3) is 8.84. The van der Waals surface area contributed by atoms with Crippen LogP contribution in [0, 0.1) is 0 Å². The molecule has 0 heterocycles. The summed E-state index contributed by atoms with van der Waals surface area (Å²) in [6.07, 6.45) is 0. The molecule has 0 N–H and O–H groups in total. The van der Waals surface area contributed by atoms with Gasteiger partial charge in [0, 0.05) is 0 Å². The van der Waals surface area contributed by atoms with Crippen LogP contribution in [0.3, 0.4) is 0 Å². The van der Waals surface area contributed by atoms with Gasteiger partial charge in [-0.25, -0.2) is 0 Å². The van der Waals surface area contributed by atoms with Gasteiger partial charge in [-0.05, 0) is 0 Å². The largest absolute Gasteiger partial charge is 3.00 e. The van der Waals surface area contributed by atoms with Crippen LogP contribution in [0.15, 0.2) is 0 Å². The molecule has 0 amide bonds. The van der Waals surface area contributed by atoms with Gasteiger partial charge in [0.1, 0.15) is 0 Å². The zero-order valence-electron chi connectivity index (χ0n) is 1.92. The van der Waals surface area contributed by atoms with Crippen molar-refractivity contribution in [1.82, 2.24) is 0 Å². The SMILES string of the molecule is [As-3].[As-3].[In+3].[Sb+3]. The minimum absolute atomic E-state index is 0. The van der Waals surface area contributed by atoms with E-state index in [1.807, 2.05) is 0 Å². The Kier molecular flexibility index (Phi) is 124. The first-order chi connectivity index (χ1) is 0. The molecule has 0 aromatic rings. The number of hydrogen-bond donors (Lipinski definition) is 0. The smallest absolute Gasteiger partial charge is 3.00 e. The van der Waals surface area contributed by atoms with E-state index in [1.165, 1.54) is 0 Å². The number of rotatable bonds is 0. The zero-order chi connectivity index (χ0) is 0. The molecule has 0 aliphatic heterocycles. The predicted molar refractivity (Wildman–Crippen MR) is 23.0 cm³/mol. The van der Waals surface area contributed by atoms with E-state index in [0.29, 0.717) is 0 Å². The van der Waals surface area contributed by atoms with Gasteiger partial charge in [-0.1, -0.05) is 0 Å². The molecule has 0 saturated heterocycles. The van der Waals surface area contributed by atoms with Crippen LogP contribution >= 0.6 is 0 Å². The van der Waals surface area contributed by atoms with Crippen LogP contribution in [-0.4, -0.2) is 86.2 Å². The van der Waals surface area contributed by atoms with Gasteiger partial charge in [-0.15, -0.1) is 0 Å². The molecule has 4 heteroatoms. The Hall–Kier alpha value is 2.81. The quantitative estimate of drug-likeness (QED) is 0.444. The van der Waals surface area contributed by atoms with Gasteiger partial charge in [-0.3, -0.25) is 0 Å². The van der Waals surface area contributed by atoms with Crippen molar-refractivity contribution in [2.45, 2.75) is 0 Å². The molecule has 0 aromatic heterocycles. The second-order valence-corrected chi connectivity index (χ2v) is 0. The van der Waals surface area contributed by atoms with E-state index in [1.54, 1.807) is 0 Å². The third-order valence-corrected chi connectivity index (χ3v) is 0. The maximum Gasteiger partial charge on any atom is 3.00 e. The molecule has 0 aromatic carbocycles. The molecule has 0 saturated carbocycles. The molecular formula is As2InSb. The van der Waals surface area contributed by atoms with Crippen LogP contribution < -0.4 is 0 Å². The number of hydrogen-bond acceptors (Lipinski definition) is 0. The van der Waals surface area contributed by atoms with Crippen LogP contribution in [-0.2, 0) is 0 Å². The van der Waals surface area contributed by atoms with Gasteiger partial charge >= 0.3 is 50.3 Å². The molecule has 0 unspecified atom stereocenters. The summed E-state index contributed by atoms with van der Waals surface area (Å²) in [6.45, 7) is 0. The van der Waals surface area contributed by atoms with Crippen molar-refractivity contribution >= 4 is 86.2 Å². The molecule has 2 radical (unpaired) electrons. The molecule has 4 heavy (non-hydrogen) atoms. The zero-order valence-corrected chi connectivity index (χ0v) is 11.5. The van der Waals surface area contributed by atoms with E-state index in [-0.39, 0.29) is 86.2 Å². The predicted octanol–water partition coefficient (Wildman–Crippen LogP) is -1.52. The first-order valence-electron chi connectivity index (χ1n) is 0. The Morgan fingerprint density at radius 3 is 0.750 bits per heavy atom. The van der Waals surface area contributed by atoms with Crippen LogP contribution in [0.25, 0.3) is 0 Å². The fourth-order valence-corrected chi connectivity index (χ4v) is 0. The van der Waals surface area contributed by atoms with E-state index < -0.39 is 0 Å². The molecule has 0 aliphatic carbocycles. The monoisotopic (exact) mass is 386 g/mol. The Bertz CT molecular complexity index is 6.00. The minimum atomic E-state index is 0. The fraction of sp³-hybridized carbons (Fsp3) is 0. The third-order valence-electron chi connectivity index (χ3n) is 0. The van der Waals surface area contributed by atoms with Gasteiger partial charge < -0.3 is 35.9 Å². The Labute approximate surface area is 84.7 Å². The van der Waals surface area contributed by atoms with Crippen LogP contribution in [0.5, 0.6) is 0 Å². The second kappa shape index (κ2) is 17.0. The first-order valence-corrected chi connectivity index (χ1v) is 0. The maximum atomic E-state index is 0. The van der Waals surface area contributed by atoms with Crippen LogP contribution in [0.2, 0.25) is 0 Å². The van der Waals surface area contributed by atoms with E-state index >= 15 is 0 Å². The summed E-state index contributed by atoms with van der Waals surface area (Å²) in [5.41, 5.74) is 0. The summed E-state index contributed by atoms with van der Waals surface area (Å²) >= 11 is 0. The summed E-state index contributed by atoms with van der Waals surface area (Å²) in [5, 5.41) is 0. The summed E-state index contributed by atoms with van der Waals surface area (Å²) in [5.74, 6) is 0. The van der Waals surface area contributed by atoms with Crippen molar-refractivity contribution in [1.29, 1.82) is 0 Å². The summed E-state index contributed by atoms with van der Waals surface area (Å²) in [6, 6.07) is 0. The molecule has 0 fully saturated rings. The molecule has 0 aliphatic rings. The first kappa shape index (κ1) is 29.1. The Morgan fingerprint density at radius 2 is 0.750 bits per heavy atom. The fourth-order valence-electron chi connectivity index (χ4n) is 0. The van der Waals surface area contributed by atoms with Gasteiger partial charge in [0.15, 0.2) is 0 Å². The van der Waals surface area contributed by atoms with Gasteiger partial charge in [-0.2, -0.15) is 0 Å². The maximum absolute atomic E-state index is 0. The van der Waals surface area contributed by atoms with Gasteiger partial charge in [0.05, 0.1) is 0 Å². The average molecular weight is 386 g/mol. The van der Waals surface area contributed by atoms with Crippen molar-refractivity contribution in [2.24, 2.45) is 0 Å². The van der Waals surface area contributed by atoms with E-state index in [0.717, 1.165) is 0 Å². The molecule has 0 bridgehead atoms. The molecule has 0 atom stereocenters. The molecule has 0 nitrogen and oxygen atoms in total. The average Bonchev–Trinajstić information content (AvgIpc) is 0. The van der Waals surface area contributed by atoms with E-state index in [9.17, 15) is 0 Å². The minimum Gasteiger partial charge on any atom is -3.00 e. The van der Waals surface area contributed by atoms with E-state index in [2.05, 4.69) is 0 Å². The topological polar surface area (TPSA) is 0 Å². The van der Waals surface area contributed by atoms with Crippen molar-refractivity contribution in [3.05, 3.63) is 0 Å². The molecular weight excluding hydrogens is 386 g/mol. The Balaban J connectivity index is 0. The van der Waals surface area contributed by atoms with Crippen LogP contribution in [0.4, 0.5) is 0 Å². The summed E-state index contributed by atoms with van der Waals surface area (Å²) in [7, 11) is 0. The van der Waals surface area contributed by atoms with Crippen molar-refractivity contribution in [2.75, 3.05) is 0 Å². The summed E-state index contributed by atoms with van der Waals surface area (Å²) < 4.78 is 0. The van der Waals surface area contributed by atoms with Crippen LogP contribution in [0.1, 0.15) is 0 Å². The summed E-state index contributed by atoms with van der Waals surface area (Å²) in [4.78, 5) is 0. The van der Waals surface area contributed by atoms with Gasteiger partial charge in [0.25, 0.3) is 0 Å². The van der Waals surface area contributed by atoms with Gasteiger partial charge in [0.2, 0.25) is 0 Å². The molecule has 18 valence electrons. The van der Waals surface area contributed by atoms with E-state index in [4.69, 9.17) is 0 Å². The molecule has 0 rings (SSSR count). The normalized spacial score (nSPS) is 0.